The van der Waals surface area contributed by atoms with Crippen molar-refractivity contribution >= 4 is 23.2 Å². The number of anilines is 1. The zero-order chi connectivity index (χ0) is 16.2. The van der Waals surface area contributed by atoms with Gasteiger partial charge in [0.15, 0.2) is 0 Å². The summed E-state index contributed by atoms with van der Waals surface area (Å²) in [6.07, 6.45) is 1.38. The second kappa shape index (κ2) is 7.69. The topological polar surface area (TPSA) is 29.5 Å². The summed E-state index contributed by atoms with van der Waals surface area (Å²) in [5, 5.41) is 0.489. The Balaban J connectivity index is 3.21. The van der Waals surface area contributed by atoms with E-state index in [1.165, 1.54) is 0 Å². The second-order valence-electron chi connectivity index (χ2n) is 5.86. The molecule has 0 N–H and O–H groups in total. The standard InChI is InChI=1S/C17H26ClNO2/c1-7-16(20)19(5)14-9-13(8-12(4)11(2)3)10-15(21-6)17(14)18/h9-12H,7-8H2,1-6H3/t12-/m0/s1. The number of methoxy groups -OCH3 is 1. The molecule has 0 radical (unpaired) electrons. The van der Waals surface area contributed by atoms with Crippen LogP contribution in [0.5, 0.6) is 5.75 Å². The fourth-order valence-electron chi connectivity index (χ4n) is 2.13. The predicted molar refractivity (Wildman–Crippen MR) is 89.4 cm³/mol. The van der Waals surface area contributed by atoms with Gasteiger partial charge in [-0.05, 0) is 36.0 Å². The molecule has 118 valence electrons. The number of benzene rings is 1. The van der Waals surface area contributed by atoms with Gasteiger partial charge in [-0.15, -0.1) is 0 Å². The van der Waals surface area contributed by atoms with Crippen LogP contribution in [0.15, 0.2) is 12.1 Å². The Labute approximate surface area is 133 Å². The first kappa shape index (κ1) is 17.8. The number of carbonyl (C=O) groups is 1. The molecule has 0 fully saturated rings. The average Bonchev–Trinajstić information content (AvgIpc) is 2.46. The Bertz CT molecular complexity index is 500. The summed E-state index contributed by atoms with van der Waals surface area (Å²) in [6, 6.07) is 3.96. The zero-order valence-electron chi connectivity index (χ0n) is 13.9. The maximum atomic E-state index is 11.9. The summed E-state index contributed by atoms with van der Waals surface area (Å²) < 4.78 is 5.36. The monoisotopic (exact) mass is 311 g/mol. The molecule has 0 unspecified atom stereocenters. The van der Waals surface area contributed by atoms with Crippen molar-refractivity contribution in [3.05, 3.63) is 22.7 Å². The van der Waals surface area contributed by atoms with Gasteiger partial charge in [-0.1, -0.05) is 39.3 Å². The molecular weight excluding hydrogens is 286 g/mol. The maximum absolute atomic E-state index is 11.9. The number of hydrogen-bond donors (Lipinski definition) is 0. The van der Waals surface area contributed by atoms with Gasteiger partial charge < -0.3 is 9.64 Å². The Kier molecular flexibility index (Phi) is 6.53. The minimum absolute atomic E-state index is 0.0352. The van der Waals surface area contributed by atoms with Crippen LogP contribution in [0.4, 0.5) is 5.69 Å². The molecule has 0 aromatic heterocycles. The van der Waals surface area contributed by atoms with Crippen molar-refractivity contribution in [2.24, 2.45) is 11.8 Å². The molecule has 1 aromatic carbocycles. The van der Waals surface area contributed by atoms with Gasteiger partial charge in [-0.3, -0.25) is 4.79 Å². The molecule has 1 atom stereocenters. The molecule has 0 aliphatic heterocycles. The quantitative estimate of drug-likeness (QED) is 0.771. The normalized spacial score (nSPS) is 12.4. The number of carbonyl (C=O) groups excluding carboxylic acids is 1. The molecule has 21 heavy (non-hydrogen) atoms. The van der Waals surface area contributed by atoms with E-state index in [1.54, 1.807) is 19.1 Å². The molecule has 3 nitrogen and oxygen atoms in total. The van der Waals surface area contributed by atoms with Crippen molar-refractivity contribution in [3.8, 4) is 5.75 Å². The van der Waals surface area contributed by atoms with E-state index in [0.29, 0.717) is 34.7 Å². The Morgan fingerprint density at radius 3 is 2.43 bits per heavy atom. The van der Waals surface area contributed by atoms with Crippen molar-refractivity contribution in [3.63, 3.8) is 0 Å². The first-order valence-corrected chi connectivity index (χ1v) is 7.82. The summed E-state index contributed by atoms with van der Waals surface area (Å²) in [5.74, 6) is 1.81. The van der Waals surface area contributed by atoms with Crippen molar-refractivity contribution in [2.75, 3.05) is 19.1 Å². The zero-order valence-corrected chi connectivity index (χ0v) is 14.6. The van der Waals surface area contributed by atoms with Gasteiger partial charge in [0.2, 0.25) is 5.91 Å². The summed E-state index contributed by atoms with van der Waals surface area (Å²) in [4.78, 5) is 13.5. The highest BCUT2D eigenvalue weighted by Crippen LogP contribution is 2.37. The lowest BCUT2D eigenvalue weighted by Gasteiger charge is -2.22. The van der Waals surface area contributed by atoms with E-state index in [-0.39, 0.29) is 5.91 Å². The average molecular weight is 312 g/mol. The summed E-state index contributed by atoms with van der Waals surface area (Å²) in [7, 11) is 3.35. The smallest absolute Gasteiger partial charge is 0.226 e. The number of hydrogen-bond acceptors (Lipinski definition) is 2. The number of amides is 1. The molecule has 0 saturated carbocycles. The van der Waals surface area contributed by atoms with Gasteiger partial charge in [0, 0.05) is 13.5 Å². The minimum atomic E-state index is 0.0352. The van der Waals surface area contributed by atoms with Gasteiger partial charge in [-0.2, -0.15) is 0 Å². The number of halogens is 1. The molecule has 0 bridgehead atoms. The van der Waals surface area contributed by atoms with Crippen molar-refractivity contribution < 1.29 is 9.53 Å². The van der Waals surface area contributed by atoms with Crippen LogP contribution in [-0.4, -0.2) is 20.1 Å². The first-order valence-electron chi connectivity index (χ1n) is 7.44. The van der Waals surface area contributed by atoms with Crippen molar-refractivity contribution in [1.82, 2.24) is 0 Å². The molecule has 1 amide bonds. The van der Waals surface area contributed by atoms with E-state index in [4.69, 9.17) is 16.3 Å². The fraction of sp³-hybridized carbons (Fsp3) is 0.588. The summed E-state index contributed by atoms with van der Waals surface area (Å²) >= 11 is 6.36. The lowest BCUT2D eigenvalue weighted by Crippen LogP contribution is -2.25. The van der Waals surface area contributed by atoms with Gasteiger partial charge in [-0.25, -0.2) is 0 Å². The Hall–Kier alpha value is -1.22. The molecule has 0 spiro atoms. The number of rotatable bonds is 6. The van der Waals surface area contributed by atoms with Crippen LogP contribution in [0.1, 0.15) is 39.7 Å². The molecule has 0 saturated heterocycles. The summed E-state index contributed by atoms with van der Waals surface area (Å²) in [6.45, 7) is 8.50. The molecule has 1 rings (SSSR count). The first-order chi connectivity index (χ1) is 9.81. The van der Waals surface area contributed by atoms with Gasteiger partial charge in [0.1, 0.15) is 10.8 Å². The van der Waals surface area contributed by atoms with Crippen LogP contribution in [-0.2, 0) is 11.2 Å². The SMILES string of the molecule is CCC(=O)N(C)c1cc(C[C@H](C)C(C)C)cc(OC)c1Cl. The maximum Gasteiger partial charge on any atom is 0.226 e. The molecule has 1 aromatic rings. The highest BCUT2D eigenvalue weighted by molar-refractivity contribution is 6.35. The van der Waals surface area contributed by atoms with E-state index >= 15 is 0 Å². The predicted octanol–water partition coefficient (Wildman–Crippen LogP) is 4.56. The van der Waals surface area contributed by atoms with E-state index in [2.05, 4.69) is 20.8 Å². The molecule has 0 heterocycles. The van der Waals surface area contributed by atoms with Gasteiger partial charge in [0.05, 0.1) is 12.8 Å². The lowest BCUT2D eigenvalue weighted by atomic mass is 9.91. The molecule has 0 aliphatic rings. The third-order valence-electron chi connectivity index (χ3n) is 4.03. The van der Waals surface area contributed by atoms with E-state index in [1.807, 2.05) is 19.1 Å². The van der Waals surface area contributed by atoms with Crippen LogP contribution >= 0.6 is 11.6 Å². The third kappa shape index (κ3) is 4.37. The molecule has 4 heteroatoms. The van der Waals surface area contributed by atoms with E-state index in [0.717, 1.165) is 12.0 Å². The third-order valence-corrected chi connectivity index (χ3v) is 4.41. The minimum Gasteiger partial charge on any atom is -0.495 e. The van der Waals surface area contributed by atoms with Crippen LogP contribution in [0.25, 0.3) is 0 Å². The van der Waals surface area contributed by atoms with Gasteiger partial charge >= 0.3 is 0 Å². The molecular formula is C17H26ClNO2. The fourth-order valence-corrected chi connectivity index (χ4v) is 2.44. The summed E-state index contributed by atoms with van der Waals surface area (Å²) in [5.41, 5.74) is 1.86. The number of ether oxygens (including phenoxy) is 1. The van der Waals surface area contributed by atoms with Gasteiger partial charge in [0.25, 0.3) is 0 Å². The van der Waals surface area contributed by atoms with Crippen molar-refractivity contribution in [1.29, 1.82) is 0 Å². The van der Waals surface area contributed by atoms with Crippen LogP contribution in [0, 0.1) is 11.8 Å². The van der Waals surface area contributed by atoms with E-state index < -0.39 is 0 Å². The highest BCUT2D eigenvalue weighted by Gasteiger charge is 2.18. The largest absolute Gasteiger partial charge is 0.495 e. The second-order valence-corrected chi connectivity index (χ2v) is 6.24. The van der Waals surface area contributed by atoms with Crippen LogP contribution in [0.2, 0.25) is 5.02 Å². The lowest BCUT2D eigenvalue weighted by molar-refractivity contribution is -0.118. The Morgan fingerprint density at radius 1 is 1.33 bits per heavy atom. The Morgan fingerprint density at radius 2 is 1.95 bits per heavy atom. The van der Waals surface area contributed by atoms with Crippen LogP contribution in [0.3, 0.4) is 0 Å². The highest BCUT2D eigenvalue weighted by atomic mass is 35.5. The number of nitrogens with zero attached hydrogens (tertiary/aromatic N) is 1. The van der Waals surface area contributed by atoms with Crippen molar-refractivity contribution in [2.45, 2.75) is 40.5 Å². The molecule has 0 aliphatic carbocycles. The van der Waals surface area contributed by atoms with Crippen LogP contribution < -0.4 is 9.64 Å². The van der Waals surface area contributed by atoms with E-state index in [9.17, 15) is 4.79 Å².